The summed E-state index contributed by atoms with van der Waals surface area (Å²) >= 11 is 0. The Hall–Kier alpha value is -2.49. The molecule has 0 bridgehead atoms. The van der Waals surface area contributed by atoms with E-state index in [9.17, 15) is 12.8 Å². The zero-order valence-electron chi connectivity index (χ0n) is 16.7. The number of rotatable bonds is 3. The van der Waals surface area contributed by atoms with Gasteiger partial charge in [0.25, 0.3) is 0 Å². The van der Waals surface area contributed by atoms with Crippen molar-refractivity contribution in [1.29, 1.82) is 0 Å². The van der Waals surface area contributed by atoms with E-state index in [4.69, 9.17) is 0 Å². The number of fused-ring (bicyclic) bond motifs is 1. The number of hydrogen-bond donors (Lipinski definition) is 2. The van der Waals surface area contributed by atoms with E-state index in [1.165, 1.54) is 22.0 Å². The third-order valence-corrected chi connectivity index (χ3v) is 7.92. The normalized spacial score (nSPS) is 26.6. The minimum absolute atomic E-state index is 0.166. The lowest BCUT2D eigenvalue weighted by atomic mass is 9.83. The Balaban J connectivity index is 1.39. The lowest BCUT2D eigenvalue weighted by Gasteiger charge is -2.47. The summed E-state index contributed by atoms with van der Waals surface area (Å²) < 4.78 is 43.5. The number of nitrogens with one attached hydrogen (secondary N) is 2. The minimum atomic E-state index is -3.70. The number of H-pyrrole nitrogens is 1. The molecule has 2 aliphatic rings. The smallest absolute Gasteiger partial charge is 0.302 e. The molecule has 2 N–H and O–H groups in total. The first-order chi connectivity index (χ1) is 14.4. The topological polar surface area (TPSA) is 81.3 Å². The number of halogens is 1. The number of anilines is 1. The molecule has 0 amide bonds. The highest BCUT2D eigenvalue weighted by Gasteiger charge is 2.52. The Bertz CT molecular complexity index is 1200. The molecule has 0 unspecified atom stereocenters. The molecular weight excluding hydrogens is 405 g/mol. The molecule has 3 aromatic rings. The molecule has 2 fully saturated rings. The van der Waals surface area contributed by atoms with E-state index in [1.807, 2.05) is 6.07 Å². The summed E-state index contributed by atoms with van der Waals surface area (Å²) in [5, 5.41) is 0. The average molecular weight is 430 g/mol. The predicted octanol–water partition coefficient (Wildman–Crippen LogP) is 2.78. The highest BCUT2D eigenvalue weighted by atomic mass is 32.2. The van der Waals surface area contributed by atoms with E-state index in [-0.39, 0.29) is 6.04 Å². The summed E-state index contributed by atoms with van der Waals surface area (Å²) in [6, 6.07) is 12.2. The van der Waals surface area contributed by atoms with Crippen LogP contribution >= 0.6 is 0 Å². The fraction of sp³-hybridized carbons (Fsp3) is 0.381. The molecule has 1 aromatic heterocycles. The van der Waals surface area contributed by atoms with Crippen molar-refractivity contribution in [3.8, 4) is 0 Å². The lowest BCUT2D eigenvalue weighted by molar-refractivity contribution is 0.106. The van der Waals surface area contributed by atoms with Crippen molar-refractivity contribution in [2.45, 2.75) is 37.9 Å². The molecule has 3 heterocycles. The zero-order chi connectivity index (χ0) is 20.9. The number of aromatic amines is 1. The number of piperidine rings is 1. The quantitative estimate of drug-likeness (QED) is 0.671. The first-order valence-corrected chi connectivity index (χ1v) is 11.5. The largest absolute Gasteiger partial charge is 0.345 e. The van der Waals surface area contributed by atoms with Crippen LogP contribution in [0.1, 0.15) is 25.3 Å². The Kier molecular flexibility index (Phi) is 4.57. The summed E-state index contributed by atoms with van der Waals surface area (Å²) in [7, 11) is -3.70. The number of aromatic nitrogens is 2. The van der Waals surface area contributed by atoms with Gasteiger partial charge in [-0.1, -0.05) is 12.1 Å². The minimum Gasteiger partial charge on any atom is -0.345 e. The van der Waals surface area contributed by atoms with Crippen LogP contribution in [0.25, 0.3) is 11.0 Å². The SMILES string of the molecule is C[C@H]1C[C@]2(CCN1Cc1ccc3[nH]cnc3c1)CNS(=O)(=O)N2c1cccc(F)c1. The summed E-state index contributed by atoms with van der Waals surface area (Å²) in [5.74, 6) is -0.441. The second-order valence-electron chi connectivity index (χ2n) is 8.32. The molecule has 7 nitrogen and oxygen atoms in total. The second-order valence-corrected chi connectivity index (χ2v) is 9.93. The molecule has 0 radical (unpaired) electrons. The van der Waals surface area contributed by atoms with Crippen molar-refractivity contribution in [3.05, 3.63) is 60.2 Å². The molecule has 2 saturated heterocycles. The molecule has 0 aliphatic carbocycles. The van der Waals surface area contributed by atoms with Crippen LogP contribution in [0.3, 0.4) is 0 Å². The van der Waals surface area contributed by atoms with Gasteiger partial charge in [-0.05, 0) is 55.7 Å². The Morgan fingerprint density at radius 1 is 1.27 bits per heavy atom. The van der Waals surface area contributed by atoms with Gasteiger partial charge in [-0.2, -0.15) is 13.1 Å². The van der Waals surface area contributed by atoms with Crippen molar-refractivity contribution in [2.75, 3.05) is 17.4 Å². The average Bonchev–Trinajstić information content (AvgIpc) is 3.26. The number of hydrogen-bond acceptors (Lipinski definition) is 4. The molecule has 2 aromatic carbocycles. The maximum atomic E-state index is 13.8. The van der Waals surface area contributed by atoms with Crippen molar-refractivity contribution in [3.63, 3.8) is 0 Å². The van der Waals surface area contributed by atoms with Crippen LogP contribution in [0.4, 0.5) is 10.1 Å². The van der Waals surface area contributed by atoms with Crippen LogP contribution in [-0.2, 0) is 16.8 Å². The van der Waals surface area contributed by atoms with Gasteiger partial charge in [0.05, 0.1) is 28.6 Å². The van der Waals surface area contributed by atoms with Crippen LogP contribution in [-0.4, -0.2) is 48.0 Å². The van der Waals surface area contributed by atoms with Crippen LogP contribution < -0.4 is 9.03 Å². The van der Waals surface area contributed by atoms with Gasteiger partial charge >= 0.3 is 10.2 Å². The van der Waals surface area contributed by atoms with E-state index in [0.717, 1.165) is 24.1 Å². The van der Waals surface area contributed by atoms with E-state index in [1.54, 1.807) is 18.5 Å². The molecule has 30 heavy (non-hydrogen) atoms. The van der Waals surface area contributed by atoms with Crippen molar-refractivity contribution < 1.29 is 12.8 Å². The van der Waals surface area contributed by atoms with Crippen LogP contribution in [0.15, 0.2) is 48.8 Å². The van der Waals surface area contributed by atoms with Gasteiger partial charge in [0.15, 0.2) is 0 Å². The molecule has 158 valence electrons. The molecule has 1 spiro atoms. The van der Waals surface area contributed by atoms with E-state index in [0.29, 0.717) is 25.1 Å². The van der Waals surface area contributed by atoms with Crippen molar-refractivity contribution in [1.82, 2.24) is 19.6 Å². The summed E-state index contributed by atoms with van der Waals surface area (Å²) in [5.41, 5.74) is 2.92. The first-order valence-electron chi connectivity index (χ1n) is 10.1. The maximum absolute atomic E-state index is 13.8. The molecular formula is C21H24FN5O2S. The van der Waals surface area contributed by atoms with Crippen LogP contribution in [0, 0.1) is 5.82 Å². The fourth-order valence-corrected chi connectivity index (χ4v) is 6.59. The molecule has 9 heteroatoms. The molecule has 0 saturated carbocycles. The fourth-order valence-electron chi connectivity index (χ4n) is 4.88. The maximum Gasteiger partial charge on any atom is 0.302 e. The zero-order valence-corrected chi connectivity index (χ0v) is 17.5. The first kappa shape index (κ1) is 19.5. The molecule has 5 rings (SSSR count). The highest BCUT2D eigenvalue weighted by Crippen LogP contribution is 2.41. The number of benzene rings is 2. The Morgan fingerprint density at radius 2 is 2.13 bits per heavy atom. The second kappa shape index (κ2) is 7.04. The van der Waals surface area contributed by atoms with E-state index >= 15 is 0 Å². The predicted molar refractivity (Wildman–Crippen MR) is 114 cm³/mol. The molecule has 2 atom stereocenters. The van der Waals surface area contributed by atoms with Crippen molar-refractivity contribution >= 4 is 26.9 Å². The Morgan fingerprint density at radius 3 is 2.93 bits per heavy atom. The number of nitrogens with zero attached hydrogens (tertiary/aromatic N) is 3. The Labute approximate surface area is 175 Å². The van der Waals surface area contributed by atoms with Gasteiger partial charge in [0, 0.05) is 25.7 Å². The summed E-state index contributed by atoms with van der Waals surface area (Å²) in [6.07, 6.45) is 3.03. The monoisotopic (exact) mass is 429 g/mol. The van der Waals surface area contributed by atoms with E-state index in [2.05, 4.69) is 38.6 Å². The van der Waals surface area contributed by atoms with Gasteiger partial charge in [0.1, 0.15) is 5.82 Å². The number of imidazole rings is 1. The van der Waals surface area contributed by atoms with Gasteiger partial charge in [-0.25, -0.2) is 9.37 Å². The third-order valence-electron chi connectivity index (χ3n) is 6.33. The van der Waals surface area contributed by atoms with Crippen molar-refractivity contribution in [2.24, 2.45) is 0 Å². The van der Waals surface area contributed by atoms with Gasteiger partial charge in [-0.15, -0.1) is 0 Å². The van der Waals surface area contributed by atoms with E-state index < -0.39 is 21.6 Å². The lowest BCUT2D eigenvalue weighted by Crippen LogP contribution is -2.57. The molecule has 2 aliphatic heterocycles. The number of likely N-dealkylation sites (tertiary alicyclic amines) is 1. The highest BCUT2D eigenvalue weighted by molar-refractivity contribution is 7.91. The van der Waals surface area contributed by atoms with Crippen LogP contribution in [0.5, 0.6) is 0 Å². The van der Waals surface area contributed by atoms with Gasteiger partial charge in [-0.3, -0.25) is 9.21 Å². The van der Waals surface area contributed by atoms with Gasteiger partial charge < -0.3 is 4.98 Å². The van der Waals surface area contributed by atoms with Crippen LogP contribution in [0.2, 0.25) is 0 Å². The summed E-state index contributed by atoms with van der Waals surface area (Å²) in [6.45, 7) is 3.99. The van der Waals surface area contributed by atoms with Gasteiger partial charge in [0.2, 0.25) is 0 Å². The third kappa shape index (κ3) is 3.27. The standard InChI is InChI=1S/C21H24FN5O2S/c1-15-11-21(13-25-30(28,29)27(21)18-4-2-3-17(22)10-18)7-8-26(15)12-16-5-6-19-20(9-16)24-14-23-19/h2-6,9-10,14-15,25H,7-8,11-13H2,1H3,(H,23,24)/t15-,21+/m0/s1. The summed E-state index contributed by atoms with van der Waals surface area (Å²) in [4.78, 5) is 9.80.